The van der Waals surface area contributed by atoms with Crippen LogP contribution in [0, 0.1) is 0 Å². The summed E-state index contributed by atoms with van der Waals surface area (Å²) in [7, 11) is -3.37. The minimum atomic E-state index is -3.37. The second-order valence-corrected chi connectivity index (χ2v) is 6.61. The van der Waals surface area contributed by atoms with Crippen LogP contribution >= 0.6 is 11.3 Å². The highest BCUT2D eigenvalue weighted by atomic mass is 32.2. The van der Waals surface area contributed by atoms with E-state index in [-0.39, 0.29) is 6.54 Å². The summed E-state index contributed by atoms with van der Waals surface area (Å²) in [6.45, 7) is 2.90. The fraction of sp³-hybridized carbons (Fsp3) is 0.636. The number of nitrogens with one attached hydrogen (secondary N) is 1. The second-order valence-electron chi connectivity index (χ2n) is 3.87. The van der Waals surface area contributed by atoms with Gasteiger partial charge in [0, 0.05) is 18.0 Å². The van der Waals surface area contributed by atoms with Crippen molar-refractivity contribution in [2.45, 2.75) is 44.0 Å². The van der Waals surface area contributed by atoms with E-state index in [2.05, 4.69) is 11.6 Å². The van der Waals surface area contributed by atoms with Crippen molar-refractivity contribution in [2.75, 3.05) is 6.54 Å². The predicted molar refractivity (Wildman–Crippen MR) is 71.5 cm³/mol. The highest BCUT2D eigenvalue weighted by Gasteiger charge is 2.17. The van der Waals surface area contributed by atoms with Crippen LogP contribution in [0.1, 0.15) is 37.5 Å². The van der Waals surface area contributed by atoms with Gasteiger partial charge in [0.05, 0.1) is 4.90 Å². The molecule has 0 bridgehead atoms. The lowest BCUT2D eigenvalue weighted by Crippen LogP contribution is -2.25. The Bertz CT molecular complexity index is 426. The Morgan fingerprint density at radius 1 is 1.35 bits per heavy atom. The van der Waals surface area contributed by atoms with E-state index >= 15 is 0 Å². The number of thiophene rings is 1. The number of hydrogen-bond acceptors (Lipinski definition) is 4. The van der Waals surface area contributed by atoms with Crippen LogP contribution in [0.25, 0.3) is 0 Å². The van der Waals surface area contributed by atoms with E-state index in [1.165, 1.54) is 11.3 Å². The number of hydrogen-bond donors (Lipinski definition) is 2. The molecule has 1 heterocycles. The van der Waals surface area contributed by atoms with Crippen LogP contribution in [0.5, 0.6) is 0 Å². The maximum atomic E-state index is 11.9. The lowest BCUT2D eigenvalue weighted by molar-refractivity contribution is 0.573. The van der Waals surface area contributed by atoms with E-state index in [0.717, 1.165) is 25.7 Å². The third-order valence-electron chi connectivity index (χ3n) is 2.50. The van der Waals surface area contributed by atoms with E-state index in [0.29, 0.717) is 16.3 Å². The monoisotopic (exact) mass is 276 g/mol. The maximum absolute atomic E-state index is 11.9. The standard InChI is InChI=1S/C11H20N2O2S2/c1-2-3-4-5-7-13-17(14,15)11-6-8-16-10(11)9-12/h6,8,13H,2-5,7,9,12H2,1H3. The van der Waals surface area contributed by atoms with Gasteiger partial charge in [0.25, 0.3) is 0 Å². The molecule has 0 aliphatic heterocycles. The molecule has 3 N–H and O–H groups in total. The van der Waals surface area contributed by atoms with Crippen molar-refractivity contribution < 1.29 is 8.42 Å². The summed E-state index contributed by atoms with van der Waals surface area (Å²) in [4.78, 5) is 1.05. The smallest absolute Gasteiger partial charge is 0.241 e. The lowest BCUT2D eigenvalue weighted by atomic mass is 10.2. The van der Waals surface area contributed by atoms with Crippen LogP contribution < -0.4 is 10.5 Å². The molecule has 0 atom stereocenters. The van der Waals surface area contributed by atoms with Crippen LogP contribution in [0.4, 0.5) is 0 Å². The quantitative estimate of drug-likeness (QED) is 0.714. The first-order valence-corrected chi connectivity index (χ1v) is 8.24. The van der Waals surface area contributed by atoms with Crippen molar-refractivity contribution in [3.63, 3.8) is 0 Å². The summed E-state index contributed by atoms with van der Waals surface area (Å²) in [5, 5.41) is 1.76. The molecule has 0 spiro atoms. The summed E-state index contributed by atoms with van der Waals surface area (Å²) in [5.41, 5.74) is 5.50. The Kier molecular flexibility index (Phi) is 6.11. The van der Waals surface area contributed by atoms with Gasteiger partial charge in [-0.25, -0.2) is 13.1 Å². The van der Waals surface area contributed by atoms with Crippen molar-refractivity contribution in [2.24, 2.45) is 5.73 Å². The van der Waals surface area contributed by atoms with Crippen LogP contribution in [-0.2, 0) is 16.6 Å². The fourth-order valence-corrected chi connectivity index (χ4v) is 3.96. The Balaban J connectivity index is 2.51. The van der Waals surface area contributed by atoms with Gasteiger partial charge in [0.1, 0.15) is 0 Å². The van der Waals surface area contributed by atoms with Crippen molar-refractivity contribution in [3.05, 3.63) is 16.3 Å². The van der Waals surface area contributed by atoms with Crippen LogP contribution in [0.15, 0.2) is 16.3 Å². The molecule has 17 heavy (non-hydrogen) atoms. The minimum Gasteiger partial charge on any atom is -0.326 e. The van der Waals surface area contributed by atoms with Crippen molar-refractivity contribution in [1.29, 1.82) is 0 Å². The molecule has 98 valence electrons. The Labute approximate surface area is 107 Å². The second kappa shape index (κ2) is 7.10. The molecular weight excluding hydrogens is 256 g/mol. The molecule has 1 aromatic rings. The summed E-state index contributed by atoms with van der Waals surface area (Å²) < 4.78 is 26.5. The Morgan fingerprint density at radius 3 is 2.76 bits per heavy atom. The van der Waals surface area contributed by atoms with Gasteiger partial charge >= 0.3 is 0 Å². The van der Waals surface area contributed by atoms with Gasteiger partial charge < -0.3 is 5.73 Å². The summed E-state index contributed by atoms with van der Waals surface area (Å²) in [6, 6.07) is 1.61. The summed E-state index contributed by atoms with van der Waals surface area (Å²) in [6.07, 6.45) is 4.24. The minimum absolute atomic E-state index is 0.268. The average molecular weight is 276 g/mol. The molecule has 1 rings (SSSR count). The van der Waals surface area contributed by atoms with Crippen LogP contribution in [0.3, 0.4) is 0 Å². The van der Waals surface area contributed by atoms with E-state index in [1.54, 1.807) is 11.4 Å². The molecule has 4 nitrogen and oxygen atoms in total. The zero-order valence-electron chi connectivity index (χ0n) is 10.1. The third-order valence-corrected chi connectivity index (χ3v) is 5.12. The number of sulfonamides is 1. The third kappa shape index (κ3) is 4.39. The van der Waals surface area contributed by atoms with Gasteiger partial charge in [-0.2, -0.15) is 0 Å². The molecule has 0 aromatic carbocycles. The van der Waals surface area contributed by atoms with Crippen LogP contribution in [-0.4, -0.2) is 15.0 Å². The number of rotatable bonds is 8. The first-order valence-electron chi connectivity index (χ1n) is 5.88. The highest BCUT2D eigenvalue weighted by Crippen LogP contribution is 2.20. The summed E-state index contributed by atoms with van der Waals surface area (Å²) >= 11 is 1.38. The molecule has 0 saturated carbocycles. The first kappa shape index (κ1) is 14.6. The van der Waals surface area contributed by atoms with Gasteiger partial charge in [-0.3, -0.25) is 0 Å². The zero-order valence-corrected chi connectivity index (χ0v) is 11.7. The largest absolute Gasteiger partial charge is 0.326 e. The highest BCUT2D eigenvalue weighted by molar-refractivity contribution is 7.89. The van der Waals surface area contributed by atoms with Crippen molar-refractivity contribution in [3.8, 4) is 0 Å². The molecule has 0 amide bonds. The lowest BCUT2D eigenvalue weighted by Gasteiger charge is -2.06. The summed E-state index contributed by atoms with van der Waals surface area (Å²) in [5.74, 6) is 0. The number of unbranched alkanes of at least 4 members (excludes halogenated alkanes) is 3. The van der Waals surface area contributed by atoms with Crippen LogP contribution in [0.2, 0.25) is 0 Å². The molecule has 1 aromatic heterocycles. The Morgan fingerprint density at radius 2 is 2.12 bits per heavy atom. The molecule has 0 aliphatic carbocycles. The normalized spacial score (nSPS) is 11.9. The predicted octanol–water partition coefficient (Wildman–Crippen LogP) is 2.07. The van der Waals surface area contributed by atoms with Gasteiger partial charge in [-0.1, -0.05) is 26.2 Å². The molecular formula is C11H20N2O2S2. The zero-order chi connectivity index (χ0) is 12.7. The average Bonchev–Trinajstić information content (AvgIpc) is 2.77. The molecule has 0 unspecified atom stereocenters. The van der Waals surface area contributed by atoms with Gasteiger partial charge in [0.2, 0.25) is 10.0 Å². The molecule has 6 heteroatoms. The van der Waals surface area contributed by atoms with Crippen molar-refractivity contribution in [1.82, 2.24) is 4.72 Å². The van der Waals surface area contributed by atoms with E-state index in [1.807, 2.05) is 0 Å². The van der Waals surface area contributed by atoms with E-state index < -0.39 is 10.0 Å². The number of nitrogens with two attached hydrogens (primary N) is 1. The molecule has 0 saturated heterocycles. The molecule has 0 fully saturated rings. The fourth-order valence-electron chi connectivity index (χ4n) is 1.55. The topological polar surface area (TPSA) is 72.2 Å². The van der Waals surface area contributed by atoms with E-state index in [4.69, 9.17) is 5.73 Å². The van der Waals surface area contributed by atoms with Gasteiger partial charge in [0.15, 0.2) is 0 Å². The first-order chi connectivity index (χ1) is 8.11. The van der Waals surface area contributed by atoms with Crippen molar-refractivity contribution >= 4 is 21.4 Å². The SMILES string of the molecule is CCCCCCNS(=O)(=O)c1ccsc1CN. The van der Waals surface area contributed by atoms with E-state index in [9.17, 15) is 8.42 Å². The maximum Gasteiger partial charge on any atom is 0.241 e. The molecule has 0 aliphatic rings. The van der Waals surface area contributed by atoms with Gasteiger partial charge in [-0.15, -0.1) is 11.3 Å². The molecule has 0 radical (unpaired) electrons. The van der Waals surface area contributed by atoms with Gasteiger partial charge in [-0.05, 0) is 17.9 Å². The Hall–Kier alpha value is -0.430.